The quantitative estimate of drug-likeness (QED) is 0.631. The standard InChI is InChI=1S/C8H15NOS/c1-3-7(2)8(10)9-4-5-11-6-9/h7H,3-6H2,1-2H3. The first-order valence-electron chi connectivity index (χ1n) is 4.12. The van der Waals surface area contributed by atoms with Crippen LogP contribution in [-0.4, -0.2) is 29.0 Å². The van der Waals surface area contributed by atoms with E-state index in [1.165, 1.54) is 0 Å². The van der Waals surface area contributed by atoms with Gasteiger partial charge in [-0.1, -0.05) is 13.8 Å². The fourth-order valence-corrected chi connectivity index (χ4v) is 2.03. The predicted molar refractivity (Wildman–Crippen MR) is 48.5 cm³/mol. The maximum absolute atomic E-state index is 11.5. The fourth-order valence-electron chi connectivity index (χ4n) is 1.07. The van der Waals surface area contributed by atoms with Crippen molar-refractivity contribution >= 4 is 17.7 Å². The Hall–Kier alpha value is -0.180. The lowest BCUT2D eigenvalue weighted by Gasteiger charge is -2.18. The molecule has 0 bridgehead atoms. The van der Waals surface area contributed by atoms with E-state index in [0.717, 1.165) is 24.6 Å². The van der Waals surface area contributed by atoms with Gasteiger partial charge in [-0.05, 0) is 6.42 Å². The molecular formula is C8H15NOS. The van der Waals surface area contributed by atoms with Crippen LogP contribution in [0.5, 0.6) is 0 Å². The highest BCUT2D eigenvalue weighted by molar-refractivity contribution is 7.99. The highest BCUT2D eigenvalue weighted by atomic mass is 32.2. The first-order valence-corrected chi connectivity index (χ1v) is 5.27. The van der Waals surface area contributed by atoms with E-state index in [0.29, 0.717) is 5.91 Å². The zero-order valence-corrected chi connectivity index (χ0v) is 7.99. The summed E-state index contributed by atoms with van der Waals surface area (Å²) in [4.78, 5) is 13.4. The van der Waals surface area contributed by atoms with Crippen molar-refractivity contribution in [3.8, 4) is 0 Å². The molecule has 0 aromatic heterocycles. The van der Waals surface area contributed by atoms with Crippen LogP contribution in [-0.2, 0) is 4.79 Å². The van der Waals surface area contributed by atoms with Gasteiger partial charge in [0.25, 0.3) is 0 Å². The highest BCUT2D eigenvalue weighted by Gasteiger charge is 2.21. The normalized spacial score (nSPS) is 20.4. The summed E-state index contributed by atoms with van der Waals surface area (Å²) in [6, 6.07) is 0. The van der Waals surface area contributed by atoms with E-state index in [-0.39, 0.29) is 5.92 Å². The lowest BCUT2D eigenvalue weighted by molar-refractivity contribution is -0.133. The zero-order valence-electron chi connectivity index (χ0n) is 7.17. The van der Waals surface area contributed by atoms with Crippen molar-refractivity contribution in [1.29, 1.82) is 0 Å². The minimum absolute atomic E-state index is 0.216. The summed E-state index contributed by atoms with van der Waals surface area (Å²) in [5, 5.41) is 0. The minimum Gasteiger partial charge on any atom is -0.332 e. The first kappa shape index (κ1) is 8.91. The lowest BCUT2D eigenvalue weighted by atomic mass is 10.1. The van der Waals surface area contributed by atoms with Crippen LogP contribution >= 0.6 is 11.8 Å². The van der Waals surface area contributed by atoms with E-state index < -0.39 is 0 Å². The molecule has 1 amide bonds. The molecule has 64 valence electrons. The summed E-state index contributed by atoms with van der Waals surface area (Å²) >= 11 is 1.84. The monoisotopic (exact) mass is 173 g/mol. The van der Waals surface area contributed by atoms with Gasteiger partial charge in [0.1, 0.15) is 0 Å². The minimum atomic E-state index is 0.216. The van der Waals surface area contributed by atoms with E-state index in [4.69, 9.17) is 0 Å². The van der Waals surface area contributed by atoms with Gasteiger partial charge in [-0.3, -0.25) is 4.79 Å². The van der Waals surface area contributed by atoms with Crippen LogP contribution in [0.3, 0.4) is 0 Å². The van der Waals surface area contributed by atoms with Crippen LogP contribution in [0.4, 0.5) is 0 Å². The predicted octanol–water partition coefficient (Wildman–Crippen LogP) is 1.57. The van der Waals surface area contributed by atoms with Gasteiger partial charge in [0.15, 0.2) is 0 Å². The number of thioether (sulfide) groups is 1. The van der Waals surface area contributed by atoms with Gasteiger partial charge >= 0.3 is 0 Å². The Balaban J connectivity index is 2.39. The van der Waals surface area contributed by atoms with Gasteiger partial charge in [0.05, 0.1) is 5.88 Å². The topological polar surface area (TPSA) is 20.3 Å². The second-order valence-electron chi connectivity index (χ2n) is 2.95. The van der Waals surface area contributed by atoms with Crippen molar-refractivity contribution in [1.82, 2.24) is 4.90 Å². The Bertz CT molecular complexity index is 143. The third-order valence-corrected chi connectivity index (χ3v) is 3.06. The molecular weight excluding hydrogens is 158 g/mol. The van der Waals surface area contributed by atoms with Crippen LogP contribution in [0, 0.1) is 5.92 Å². The molecule has 0 aromatic carbocycles. The molecule has 1 saturated heterocycles. The third kappa shape index (κ3) is 2.12. The number of carbonyl (C=O) groups is 1. The molecule has 1 rings (SSSR count). The SMILES string of the molecule is CCC(C)C(=O)N1CCSC1. The Morgan fingerprint density at radius 1 is 1.73 bits per heavy atom. The summed E-state index contributed by atoms with van der Waals surface area (Å²) in [5.74, 6) is 2.57. The van der Waals surface area contributed by atoms with Gasteiger partial charge < -0.3 is 4.90 Å². The Morgan fingerprint density at radius 3 is 2.91 bits per heavy atom. The van der Waals surface area contributed by atoms with E-state index in [9.17, 15) is 4.79 Å². The van der Waals surface area contributed by atoms with Gasteiger partial charge in [-0.25, -0.2) is 0 Å². The number of amides is 1. The average molecular weight is 173 g/mol. The van der Waals surface area contributed by atoms with Gasteiger partial charge in [-0.2, -0.15) is 0 Å². The molecule has 3 heteroatoms. The smallest absolute Gasteiger partial charge is 0.226 e. The molecule has 1 aliphatic rings. The van der Waals surface area contributed by atoms with E-state index in [1.807, 2.05) is 23.6 Å². The molecule has 0 spiro atoms. The average Bonchev–Trinajstić information content (AvgIpc) is 2.53. The molecule has 1 aliphatic heterocycles. The number of hydrogen-bond acceptors (Lipinski definition) is 2. The van der Waals surface area contributed by atoms with Crippen molar-refractivity contribution in [2.24, 2.45) is 5.92 Å². The van der Waals surface area contributed by atoms with Gasteiger partial charge in [-0.15, -0.1) is 11.8 Å². The maximum atomic E-state index is 11.5. The van der Waals surface area contributed by atoms with E-state index in [1.54, 1.807) is 0 Å². The summed E-state index contributed by atoms with van der Waals surface area (Å²) in [7, 11) is 0. The molecule has 1 atom stereocenters. The molecule has 0 radical (unpaired) electrons. The maximum Gasteiger partial charge on any atom is 0.226 e. The highest BCUT2D eigenvalue weighted by Crippen LogP contribution is 2.16. The van der Waals surface area contributed by atoms with Crippen LogP contribution in [0.1, 0.15) is 20.3 Å². The van der Waals surface area contributed by atoms with Crippen molar-refractivity contribution < 1.29 is 4.79 Å². The van der Waals surface area contributed by atoms with Crippen LogP contribution in [0.15, 0.2) is 0 Å². The second-order valence-corrected chi connectivity index (χ2v) is 4.02. The molecule has 0 aromatic rings. The van der Waals surface area contributed by atoms with Crippen molar-refractivity contribution in [2.45, 2.75) is 20.3 Å². The van der Waals surface area contributed by atoms with Crippen molar-refractivity contribution in [2.75, 3.05) is 18.2 Å². The fraction of sp³-hybridized carbons (Fsp3) is 0.875. The summed E-state index contributed by atoms with van der Waals surface area (Å²) in [5.41, 5.74) is 0. The molecule has 0 aliphatic carbocycles. The molecule has 2 nitrogen and oxygen atoms in total. The Labute approximate surface area is 72.3 Å². The van der Waals surface area contributed by atoms with Crippen molar-refractivity contribution in [3.63, 3.8) is 0 Å². The summed E-state index contributed by atoms with van der Waals surface area (Å²) in [6.07, 6.45) is 0.958. The first-order chi connectivity index (χ1) is 5.25. The number of rotatable bonds is 2. The second kappa shape index (κ2) is 4.00. The van der Waals surface area contributed by atoms with E-state index in [2.05, 4.69) is 6.92 Å². The molecule has 1 unspecified atom stereocenters. The molecule has 0 saturated carbocycles. The summed E-state index contributed by atoms with van der Waals surface area (Å²) < 4.78 is 0. The molecule has 11 heavy (non-hydrogen) atoms. The van der Waals surface area contributed by atoms with Crippen LogP contribution in [0.25, 0.3) is 0 Å². The largest absolute Gasteiger partial charge is 0.332 e. The van der Waals surface area contributed by atoms with Crippen molar-refractivity contribution in [3.05, 3.63) is 0 Å². The number of carbonyl (C=O) groups excluding carboxylic acids is 1. The Morgan fingerprint density at radius 2 is 2.45 bits per heavy atom. The number of nitrogens with zero attached hydrogens (tertiary/aromatic N) is 1. The Kier molecular flexibility index (Phi) is 3.24. The van der Waals surface area contributed by atoms with Gasteiger partial charge in [0.2, 0.25) is 5.91 Å². The van der Waals surface area contributed by atoms with Crippen LogP contribution < -0.4 is 0 Å². The summed E-state index contributed by atoms with van der Waals surface area (Å²) in [6.45, 7) is 5.02. The van der Waals surface area contributed by atoms with E-state index >= 15 is 0 Å². The molecule has 1 fully saturated rings. The van der Waals surface area contributed by atoms with Crippen LogP contribution in [0.2, 0.25) is 0 Å². The third-order valence-electron chi connectivity index (χ3n) is 2.10. The molecule has 1 heterocycles. The zero-order chi connectivity index (χ0) is 8.27. The molecule has 0 N–H and O–H groups in total. The van der Waals surface area contributed by atoms with Gasteiger partial charge in [0, 0.05) is 18.2 Å². The number of hydrogen-bond donors (Lipinski definition) is 0. The lowest BCUT2D eigenvalue weighted by Crippen LogP contribution is -2.32.